The first-order valence-electron chi connectivity index (χ1n) is 6.26. The Labute approximate surface area is 93.2 Å². The van der Waals surface area contributed by atoms with Gasteiger partial charge in [0.25, 0.3) is 0 Å². The van der Waals surface area contributed by atoms with Gasteiger partial charge in [-0.2, -0.15) is 0 Å². The molecule has 0 radical (unpaired) electrons. The van der Waals surface area contributed by atoms with Crippen LogP contribution >= 0.6 is 0 Å². The van der Waals surface area contributed by atoms with Gasteiger partial charge in [-0.1, -0.05) is 6.92 Å². The van der Waals surface area contributed by atoms with E-state index in [-0.39, 0.29) is 11.8 Å². The van der Waals surface area contributed by atoms with Gasteiger partial charge in [-0.3, -0.25) is 5.32 Å². The summed E-state index contributed by atoms with van der Waals surface area (Å²) in [6.45, 7) is 10.0. The first-order valence-corrected chi connectivity index (χ1v) is 6.26. The van der Waals surface area contributed by atoms with Crippen LogP contribution in [0, 0.1) is 0 Å². The number of hydrogen-bond acceptors (Lipinski definition) is 3. The number of likely N-dealkylation sites (tertiary alicyclic amines) is 1. The minimum absolute atomic E-state index is 0.0281. The second-order valence-electron chi connectivity index (χ2n) is 5.41. The highest BCUT2D eigenvalue weighted by atomic mass is 16.5. The molecular weight excluding hydrogens is 188 g/mol. The van der Waals surface area contributed by atoms with E-state index in [1.807, 2.05) is 0 Å². The number of rotatable bonds is 3. The van der Waals surface area contributed by atoms with Crippen molar-refractivity contribution in [2.45, 2.75) is 57.9 Å². The highest BCUT2D eigenvalue weighted by Crippen LogP contribution is 2.25. The molecule has 2 aliphatic rings. The van der Waals surface area contributed by atoms with Gasteiger partial charge < -0.3 is 9.64 Å². The minimum Gasteiger partial charge on any atom is -0.356 e. The quantitative estimate of drug-likeness (QED) is 0.769. The maximum absolute atomic E-state index is 5.97. The Kier molecular flexibility index (Phi) is 3.33. The molecule has 0 spiro atoms. The fourth-order valence-corrected chi connectivity index (χ4v) is 2.79. The summed E-state index contributed by atoms with van der Waals surface area (Å²) in [4.78, 5) is 2.58. The topological polar surface area (TPSA) is 24.5 Å². The Balaban J connectivity index is 1.82. The number of ether oxygens (including phenoxy) is 1. The Hall–Kier alpha value is -0.120. The molecule has 0 aromatic carbocycles. The van der Waals surface area contributed by atoms with Crippen molar-refractivity contribution in [2.75, 3.05) is 19.6 Å². The van der Waals surface area contributed by atoms with Crippen LogP contribution in [0.3, 0.4) is 0 Å². The second kappa shape index (κ2) is 4.40. The molecule has 1 N–H and O–H groups in total. The van der Waals surface area contributed by atoms with E-state index < -0.39 is 0 Å². The lowest BCUT2D eigenvalue weighted by Crippen LogP contribution is -2.35. The van der Waals surface area contributed by atoms with Crippen LogP contribution in [0.1, 0.15) is 40.0 Å². The molecule has 88 valence electrons. The molecule has 0 aromatic heterocycles. The van der Waals surface area contributed by atoms with Crippen LogP contribution < -0.4 is 5.32 Å². The molecule has 2 rings (SSSR count). The molecule has 2 fully saturated rings. The van der Waals surface area contributed by atoms with Crippen molar-refractivity contribution in [2.24, 2.45) is 0 Å². The van der Waals surface area contributed by atoms with Crippen molar-refractivity contribution in [3.05, 3.63) is 0 Å². The van der Waals surface area contributed by atoms with Gasteiger partial charge >= 0.3 is 0 Å². The standard InChI is InChI=1S/C12H24N2O/c1-4-14-7-5-6-10(14)8-11-13-9-12(2,3)15-11/h10-11,13H,4-9H2,1-3H3. The van der Waals surface area contributed by atoms with Gasteiger partial charge in [-0.25, -0.2) is 0 Å². The smallest absolute Gasteiger partial charge is 0.110 e. The maximum Gasteiger partial charge on any atom is 0.110 e. The molecule has 2 atom stereocenters. The van der Waals surface area contributed by atoms with Gasteiger partial charge in [-0.05, 0) is 39.8 Å². The minimum atomic E-state index is 0.0281. The van der Waals surface area contributed by atoms with Crippen molar-refractivity contribution in [3.63, 3.8) is 0 Å². The van der Waals surface area contributed by atoms with E-state index in [1.54, 1.807) is 0 Å². The summed E-state index contributed by atoms with van der Waals surface area (Å²) in [5, 5.41) is 3.47. The van der Waals surface area contributed by atoms with Gasteiger partial charge in [0, 0.05) is 19.0 Å². The molecule has 0 bridgehead atoms. The molecule has 2 unspecified atom stereocenters. The Morgan fingerprint density at radius 2 is 2.27 bits per heavy atom. The maximum atomic E-state index is 5.97. The van der Waals surface area contributed by atoms with Crippen LogP contribution in [0.2, 0.25) is 0 Å². The molecule has 0 saturated carbocycles. The molecular formula is C12H24N2O. The summed E-state index contributed by atoms with van der Waals surface area (Å²) < 4.78 is 5.97. The van der Waals surface area contributed by atoms with E-state index in [0.717, 1.165) is 19.0 Å². The monoisotopic (exact) mass is 212 g/mol. The molecule has 2 saturated heterocycles. The highest BCUT2D eigenvalue weighted by Gasteiger charge is 2.34. The van der Waals surface area contributed by atoms with E-state index in [1.165, 1.54) is 25.9 Å². The number of nitrogens with one attached hydrogen (secondary N) is 1. The SMILES string of the molecule is CCN1CCCC1CC1NCC(C)(C)O1. The fraction of sp³-hybridized carbons (Fsp3) is 1.00. The van der Waals surface area contributed by atoms with Gasteiger partial charge in [0.2, 0.25) is 0 Å². The second-order valence-corrected chi connectivity index (χ2v) is 5.41. The molecule has 15 heavy (non-hydrogen) atoms. The average molecular weight is 212 g/mol. The Morgan fingerprint density at radius 1 is 1.47 bits per heavy atom. The zero-order valence-corrected chi connectivity index (χ0v) is 10.3. The van der Waals surface area contributed by atoms with Crippen LogP contribution in [-0.2, 0) is 4.74 Å². The summed E-state index contributed by atoms with van der Waals surface area (Å²) in [6, 6.07) is 0.737. The first kappa shape index (κ1) is 11.4. The lowest BCUT2D eigenvalue weighted by molar-refractivity contribution is -0.0265. The normalized spacial score (nSPS) is 36.2. The van der Waals surface area contributed by atoms with Gasteiger partial charge in [0.1, 0.15) is 6.23 Å². The lowest BCUT2D eigenvalue weighted by atomic mass is 10.1. The largest absolute Gasteiger partial charge is 0.356 e. The average Bonchev–Trinajstić information content (AvgIpc) is 2.73. The lowest BCUT2D eigenvalue weighted by Gasteiger charge is -2.26. The molecule has 2 aliphatic heterocycles. The summed E-state index contributed by atoms with van der Waals surface area (Å²) in [5.74, 6) is 0. The van der Waals surface area contributed by atoms with Crippen LogP contribution in [0.15, 0.2) is 0 Å². The summed E-state index contributed by atoms with van der Waals surface area (Å²) in [7, 11) is 0. The van der Waals surface area contributed by atoms with Crippen molar-refractivity contribution in [3.8, 4) is 0 Å². The van der Waals surface area contributed by atoms with E-state index in [0.29, 0.717) is 0 Å². The van der Waals surface area contributed by atoms with E-state index in [4.69, 9.17) is 4.74 Å². The molecule has 2 heterocycles. The van der Waals surface area contributed by atoms with Crippen LogP contribution in [-0.4, -0.2) is 42.4 Å². The van der Waals surface area contributed by atoms with E-state index in [9.17, 15) is 0 Å². The Morgan fingerprint density at radius 3 is 2.87 bits per heavy atom. The summed E-state index contributed by atoms with van der Waals surface area (Å²) in [5.41, 5.74) is 0.0281. The van der Waals surface area contributed by atoms with Gasteiger partial charge in [0.05, 0.1) is 5.60 Å². The fourth-order valence-electron chi connectivity index (χ4n) is 2.79. The number of hydrogen-bond donors (Lipinski definition) is 1. The third kappa shape index (κ3) is 2.71. The summed E-state index contributed by atoms with van der Waals surface area (Å²) in [6.07, 6.45) is 4.12. The van der Waals surface area contributed by atoms with Crippen molar-refractivity contribution in [1.29, 1.82) is 0 Å². The predicted molar refractivity (Wildman–Crippen MR) is 61.8 cm³/mol. The zero-order valence-electron chi connectivity index (χ0n) is 10.3. The Bertz CT molecular complexity index is 218. The first-order chi connectivity index (χ1) is 7.11. The molecule has 3 heteroatoms. The van der Waals surface area contributed by atoms with Crippen molar-refractivity contribution >= 4 is 0 Å². The predicted octanol–water partition coefficient (Wildman–Crippen LogP) is 1.59. The van der Waals surface area contributed by atoms with Crippen molar-refractivity contribution < 1.29 is 4.74 Å². The molecule has 3 nitrogen and oxygen atoms in total. The van der Waals surface area contributed by atoms with Crippen LogP contribution in [0.4, 0.5) is 0 Å². The zero-order chi connectivity index (χ0) is 10.9. The van der Waals surface area contributed by atoms with Crippen LogP contribution in [0.5, 0.6) is 0 Å². The van der Waals surface area contributed by atoms with Gasteiger partial charge in [0.15, 0.2) is 0 Å². The van der Waals surface area contributed by atoms with E-state index >= 15 is 0 Å². The van der Waals surface area contributed by atoms with Gasteiger partial charge in [-0.15, -0.1) is 0 Å². The summed E-state index contributed by atoms with van der Waals surface area (Å²) >= 11 is 0. The van der Waals surface area contributed by atoms with Crippen molar-refractivity contribution in [1.82, 2.24) is 10.2 Å². The molecule has 0 aromatic rings. The third-order valence-electron chi connectivity index (χ3n) is 3.61. The third-order valence-corrected chi connectivity index (χ3v) is 3.61. The molecule has 0 amide bonds. The molecule has 0 aliphatic carbocycles. The van der Waals surface area contributed by atoms with E-state index in [2.05, 4.69) is 31.0 Å². The highest BCUT2D eigenvalue weighted by molar-refractivity contribution is 4.86. The van der Waals surface area contributed by atoms with Crippen LogP contribution in [0.25, 0.3) is 0 Å². The number of nitrogens with zero attached hydrogens (tertiary/aromatic N) is 1.